The minimum absolute atomic E-state index is 0.287. The number of carbonyl (C=O) groups excluding carboxylic acids is 1. The Morgan fingerprint density at radius 1 is 1.44 bits per heavy atom. The molecule has 3 nitrogen and oxygen atoms in total. The Morgan fingerprint density at radius 2 is 2.12 bits per heavy atom. The third kappa shape index (κ3) is 3.03. The van der Waals surface area contributed by atoms with Crippen molar-refractivity contribution in [2.75, 3.05) is 13.2 Å². The van der Waals surface area contributed by atoms with Crippen LogP contribution in [0.5, 0.6) is 0 Å². The third-order valence-corrected chi connectivity index (χ3v) is 2.15. The minimum Gasteiger partial charge on any atom is -0.465 e. The third-order valence-electron chi connectivity index (χ3n) is 2.15. The maximum atomic E-state index is 13.5. The summed E-state index contributed by atoms with van der Waals surface area (Å²) in [6.07, 6.45) is 0. The number of esters is 1. The molecule has 0 aliphatic carbocycles. The van der Waals surface area contributed by atoms with Gasteiger partial charge in [0, 0.05) is 5.56 Å². The van der Waals surface area contributed by atoms with Gasteiger partial charge in [0.15, 0.2) is 0 Å². The van der Waals surface area contributed by atoms with Crippen molar-refractivity contribution in [2.24, 2.45) is 0 Å². The maximum absolute atomic E-state index is 13.5. The lowest BCUT2D eigenvalue weighted by Gasteiger charge is -2.17. The summed E-state index contributed by atoms with van der Waals surface area (Å²) in [6, 6.07) is 5.47. The van der Waals surface area contributed by atoms with Gasteiger partial charge >= 0.3 is 5.97 Å². The summed E-state index contributed by atoms with van der Waals surface area (Å²) >= 11 is 0. The smallest absolute Gasteiger partial charge is 0.327 e. The molecule has 0 heterocycles. The van der Waals surface area contributed by atoms with E-state index in [1.807, 2.05) is 6.92 Å². The zero-order valence-corrected chi connectivity index (χ0v) is 9.50. The van der Waals surface area contributed by atoms with Gasteiger partial charge in [0.2, 0.25) is 0 Å². The van der Waals surface area contributed by atoms with Crippen molar-refractivity contribution in [2.45, 2.75) is 19.9 Å². The predicted octanol–water partition coefficient (Wildman–Crippen LogP) is 2.04. The molecule has 1 unspecified atom stereocenters. The number of benzene rings is 1. The van der Waals surface area contributed by atoms with E-state index < -0.39 is 17.8 Å². The van der Waals surface area contributed by atoms with Gasteiger partial charge in [0.1, 0.15) is 11.9 Å². The van der Waals surface area contributed by atoms with Crippen LogP contribution in [-0.4, -0.2) is 19.1 Å². The molecule has 0 fully saturated rings. The fraction of sp³-hybridized carbons (Fsp3) is 0.417. The zero-order valence-electron chi connectivity index (χ0n) is 9.50. The Kier molecular flexibility index (Phi) is 4.92. The highest BCUT2D eigenvalue weighted by Gasteiger charge is 2.23. The molecule has 0 radical (unpaired) electrons. The lowest BCUT2D eigenvalue weighted by molar-refractivity contribution is -0.145. The van der Waals surface area contributed by atoms with E-state index in [2.05, 4.69) is 5.32 Å². The maximum Gasteiger partial charge on any atom is 0.327 e. The average Bonchev–Trinajstić information content (AvgIpc) is 2.27. The molecule has 1 N–H and O–H groups in total. The van der Waals surface area contributed by atoms with E-state index in [0.717, 1.165) is 0 Å². The lowest BCUT2D eigenvalue weighted by Crippen LogP contribution is -2.30. The summed E-state index contributed by atoms with van der Waals surface area (Å²) in [6.45, 7) is 4.43. The van der Waals surface area contributed by atoms with E-state index >= 15 is 0 Å². The molecule has 88 valence electrons. The number of hydrogen-bond donors (Lipinski definition) is 1. The molecule has 0 saturated heterocycles. The van der Waals surface area contributed by atoms with E-state index in [0.29, 0.717) is 12.1 Å². The normalized spacial score (nSPS) is 12.2. The fourth-order valence-corrected chi connectivity index (χ4v) is 1.46. The molecule has 1 rings (SSSR count). The number of halogens is 1. The van der Waals surface area contributed by atoms with Crippen LogP contribution < -0.4 is 5.32 Å². The van der Waals surface area contributed by atoms with Crippen molar-refractivity contribution in [1.82, 2.24) is 5.32 Å². The molecule has 0 aliphatic heterocycles. The lowest BCUT2D eigenvalue weighted by atomic mass is 10.1. The molecule has 0 saturated carbocycles. The van der Waals surface area contributed by atoms with Crippen LogP contribution in [0.15, 0.2) is 24.3 Å². The van der Waals surface area contributed by atoms with E-state index in [1.165, 1.54) is 6.07 Å². The molecule has 0 amide bonds. The van der Waals surface area contributed by atoms with Gasteiger partial charge in [0.25, 0.3) is 0 Å². The van der Waals surface area contributed by atoms with Gasteiger partial charge in [0.05, 0.1) is 6.61 Å². The molecule has 0 aliphatic rings. The summed E-state index contributed by atoms with van der Waals surface area (Å²) in [5.74, 6) is -0.851. The standard InChI is InChI=1S/C12H16FNO2/c1-3-14-11(12(15)16-4-2)9-7-5-6-8-10(9)13/h5-8,11,14H,3-4H2,1-2H3. The van der Waals surface area contributed by atoms with Gasteiger partial charge in [-0.15, -0.1) is 0 Å². The second-order valence-corrected chi connectivity index (χ2v) is 3.26. The molecule has 0 spiro atoms. The highest BCUT2D eigenvalue weighted by molar-refractivity contribution is 5.77. The van der Waals surface area contributed by atoms with Crippen LogP contribution in [0.4, 0.5) is 4.39 Å². The Bertz CT molecular complexity index is 355. The van der Waals surface area contributed by atoms with Crippen molar-refractivity contribution in [3.8, 4) is 0 Å². The predicted molar refractivity (Wildman–Crippen MR) is 59.5 cm³/mol. The van der Waals surface area contributed by atoms with Crippen LogP contribution >= 0.6 is 0 Å². The second kappa shape index (κ2) is 6.23. The average molecular weight is 225 g/mol. The summed E-state index contributed by atoms with van der Waals surface area (Å²) in [5.41, 5.74) is 0.322. The number of hydrogen-bond acceptors (Lipinski definition) is 3. The van der Waals surface area contributed by atoms with Gasteiger partial charge in [-0.3, -0.25) is 0 Å². The van der Waals surface area contributed by atoms with Gasteiger partial charge in [-0.2, -0.15) is 0 Å². The Hall–Kier alpha value is -1.42. The quantitative estimate of drug-likeness (QED) is 0.779. The number of ether oxygens (including phenoxy) is 1. The number of rotatable bonds is 5. The van der Waals surface area contributed by atoms with Crippen LogP contribution in [-0.2, 0) is 9.53 Å². The summed E-state index contributed by atoms with van der Waals surface area (Å²) in [5, 5.41) is 2.91. The molecule has 16 heavy (non-hydrogen) atoms. The molecule has 4 heteroatoms. The van der Waals surface area contributed by atoms with E-state index in [-0.39, 0.29) is 6.61 Å². The number of nitrogens with one attached hydrogen (secondary N) is 1. The minimum atomic E-state index is -0.730. The van der Waals surface area contributed by atoms with Crippen LogP contribution in [0.2, 0.25) is 0 Å². The van der Waals surface area contributed by atoms with Crippen molar-refractivity contribution in [1.29, 1.82) is 0 Å². The van der Waals surface area contributed by atoms with E-state index in [1.54, 1.807) is 25.1 Å². The van der Waals surface area contributed by atoms with Crippen LogP contribution in [0, 0.1) is 5.82 Å². The summed E-state index contributed by atoms with van der Waals surface area (Å²) < 4.78 is 18.4. The van der Waals surface area contributed by atoms with Crippen molar-refractivity contribution in [3.05, 3.63) is 35.6 Å². The second-order valence-electron chi connectivity index (χ2n) is 3.26. The monoisotopic (exact) mass is 225 g/mol. The Morgan fingerprint density at radius 3 is 2.69 bits per heavy atom. The van der Waals surface area contributed by atoms with Gasteiger partial charge in [-0.05, 0) is 19.5 Å². The Labute approximate surface area is 94.6 Å². The van der Waals surface area contributed by atoms with Crippen molar-refractivity contribution < 1.29 is 13.9 Å². The molecule has 1 aromatic carbocycles. The molecule has 1 aromatic rings. The van der Waals surface area contributed by atoms with Gasteiger partial charge in [-0.1, -0.05) is 25.1 Å². The van der Waals surface area contributed by atoms with Gasteiger partial charge in [-0.25, -0.2) is 9.18 Å². The molecule has 0 aromatic heterocycles. The first-order valence-corrected chi connectivity index (χ1v) is 5.35. The molecular formula is C12H16FNO2. The van der Waals surface area contributed by atoms with Crippen LogP contribution in [0.25, 0.3) is 0 Å². The van der Waals surface area contributed by atoms with E-state index in [9.17, 15) is 9.18 Å². The van der Waals surface area contributed by atoms with Crippen molar-refractivity contribution in [3.63, 3.8) is 0 Å². The van der Waals surface area contributed by atoms with Gasteiger partial charge < -0.3 is 10.1 Å². The topological polar surface area (TPSA) is 38.3 Å². The summed E-state index contributed by atoms with van der Waals surface area (Å²) in [4.78, 5) is 11.6. The van der Waals surface area contributed by atoms with E-state index in [4.69, 9.17) is 4.74 Å². The highest BCUT2D eigenvalue weighted by Crippen LogP contribution is 2.18. The largest absolute Gasteiger partial charge is 0.465 e. The molecule has 1 atom stereocenters. The van der Waals surface area contributed by atoms with Crippen molar-refractivity contribution >= 4 is 5.97 Å². The first-order valence-electron chi connectivity index (χ1n) is 5.35. The van der Waals surface area contributed by atoms with Crippen LogP contribution in [0.3, 0.4) is 0 Å². The highest BCUT2D eigenvalue weighted by atomic mass is 19.1. The molecular weight excluding hydrogens is 209 g/mol. The Balaban J connectivity index is 2.93. The summed E-state index contributed by atoms with van der Waals surface area (Å²) in [7, 11) is 0. The van der Waals surface area contributed by atoms with Crippen LogP contribution in [0.1, 0.15) is 25.5 Å². The first kappa shape index (κ1) is 12.6. The first-order chi connectivity index (χ1) is 7.70. The molecule has 0 bridgehead atoms. The zero-order chi connectivity index (χ0) is 12.0. The fourth-order valence-electron chi connectivity index (χ4n) is 1.46. The number of likely N-dealkylation sites (N-methyl/N-ethyl adjacent to an activating group) is 1. The number of carbonyl (C=O) groups is 1. The SMILES string of the molecule is CCNC(C(=O)OCC)c1ccccc1F.